The number of carbonyl (C=O) groups excluding carboxylic acids is 2. The summed E-state index contributed by atoms with van der Waals surface area (Å²) in [5.74, 6) is -0.360. The van der Waals surface area contributed by atoms with Crippen LogP contribution in [0, 0.1) is 0 Å². The van der Waals surface area contributed by atoms with Gasteiger partial charge in [-0.05, 0) is 54.7 Å². The number of fused-ring (bicyclic) bond motifs is 1. The fourth-order valence-electron chi connectivity index (χ4n) is 3.77. The van der Waals surface area contributed by atoms with Crippen LogP contribution in [0.1, 0.15) is 11.3 Å². The van der Waals surface area contributed by atoms with E-state index in [0.29, 0.717) is 4.91 Å². The number of imide groups is 1. The highest BCUT2D eigenvalue weighted by molar-refractivity contribution is 8.18. The number of hydrogen-bond acceptors (Lipinski definition) is 7. The lowest BCUT2D eigenvalue weighted by molar-refractivity contribution is -0.115. The summed E-state index contributed by atoms with van der Waals surface area (Å²) in [4.78, 5) is 37.5. The van der Waals surface area contributed by atoms with Gasteiger partial charge in [0.25, 0.3) is 11.1 Å². The van der Waals surface area contributed by atoms with Crippen LogP contribution in [0.4, 0.5) is 4.79 Å². The first kappa shape index (κ1) is 19.9. The van der Waals surface area contributed by atoms with E-state index in [-0.39, 0.29) is 11.1 Å². The Hall–Kier alpha value is -3.01. The third-order valence-corrected chi connectivity index (χ3v) is 6.38. The largest absolute Gasteiger partial charge is 0.304 e. The molecule has 2 saturated heterocycles. The second-order valence-electron chi connectivity index (χ2n) is 7.80. The number of piperazine rings is 1. The lowest BCUT2D eigenvalue weighted by atomic mass is 10.2. The molecule has 0 atom stereocenters. The van der Waals surface area contributed by atoms with Gasteiger partial charge in [0, 0.05) is 50.7 Å². The summed E-state index contributed by atoms with van der Waals surface area (Å²) in [6.07, 6.45) is 7.34. The molecule has 2 amide bonds. The van der Waals surface area contributed by atoms with Crippen LogP contribution in [0.5, 0.6) is 0 Å². The summed E-state index contributed by atoms with van der Waals surface area (Å²) in [5.41, 5.74) is 4.58. The number of thioether (sulfide) groups is 1. The lowest BCUT2D eigenvalue weighted by Gasteiger charge is -2.32. The van der Waals surface area contributed by atoms with Crippen molar-refractivity contribution in [3.63, 3.8) is 0 Å². The number of nitrogens with zero attached hydrogens (tertiary/aromatic N) is 5. The molecular weight excluding hydrogens is 412 g/mol. The van der Waals surface area contributed by atoms with Crippen LogP contribution in [0.25, 0.3) is 23.0 Å². The van der Waals surface area contributed by atoms with Crippen molar-refractivity contribution in [3.05, 3.63) is 59.0 Å². The number of pyridine rings is 2. The van der Waals surface area contributed by atoms with Crippen molar-refractivity contribution in [2.45, 2.75) is 6.54 Å². The van der Waals surface area contributed by atoms with Crippen molar-refractivity contribution in [2.24, 2.45) is 0 Å². The molecule has 0 radical (unpaired) electrons. The van der Waals surface area contributed by atoms with Gasteiger partial charge in [-0.1, -0.05) is 0 Å². The van der Waals surface area contributed by atoms with Crippen LogP contribution >= 0.6 is 11.8 Å². The van der Waals surface area contributed by atoms with Crippen LogP contribution in [0.15, 0.2) is 47.8 Å². The first-order valence-corrected chi connectivity index (χ1v) is 10.9. The Morgan fingerprint density at radius 1 is 1.06 bits per heavy atom. The maximum absolute atomic E-state index is 11.8. The lowest BCUT2D eigenvalue weighted by Crippen LogP contribution is -2.43. The standard InChI is InChI=1S/C22H22N6O2S/c1-26-6-8-27(9-7-26)14-17-4-3-16(11-23-17)18-12-24-20-5-2-15(13-28(18)20)10-19-21(29)25-22(30)31-19/h2-5,10-13H,6-9,14H2,1H3,(H,25,29,30)/b19-10-. The molecule has 9 heteroatoms. The van der Waals surface area contributed by atoms with Gasteiger partial charge in [0.1, 0.15) is 5.65 Å². The van der Waals surface area contributed by atoms with Gasteiger partial charge in [-0.15, -0.1) is 0 Å². The van der Waals surface area contributed by atoms with Gasteiger partial charge in [-0.25, -0.2) is 4.98 Å². The zero-order valence-corrected chi connectivity index (χ0v) is 17.9. The summed E-state index contributed by atoms with van der Waals surface area (Å²) in [5, 5.41) is 1.93. The van der Waals surface area contributed by atoms with Gasteiger partial charge in [-0.3, -0.25) is 29.2 Å². The first-order chi connectivity index (χ1) is 15.0. The number of likely N-dealkylation sites (N-methyl/N-ethyl adjacent to an activating group) is 1. The van der Waals surface area contributed by atoms with Crippen molar-refractivity contribution >= 4 is 34.6 Å². The van der Waals surface area contributed by atoms with Crippen LogP contribution in [-0.2, 0) is 11.3 Å². The fourth-order valence-corrected chi connectivity index (χ4v) is 4.46. The van der Waals surface area contributed by atoms with Crippen molar-refractivity contribution in [1.82, 2.24) is 29.5 Å². The maximum Gasteiger partial charge on any atom is 0.290 e. The normalized spacial score (nSPS) is 19.5. The molecule has 2 aliphatic heterocycles. The van der Waals surface area contributed by atoms with Gasteiger partial charge < -0.3 is 4.90 Å². The topological polar surface area (TPSA) is 82.8 Å². The molecule has 1 N–H and O–H groups in total. The highest BCUT2D eigenvalue weighted by Crippen LogP contribution is 2.27. The van der Waals surface area contributed by atoms with Crippen molar-refractivity contribution in [1.29, 1.82) is 0 Å². The van der Waals surface area contributed by atoms with E-state index in [1.54, 1.807) is 6.08 Å². The monoisotopic (exact) mass is 434 g/mol. The molecule has 2 fully saturated rings. The second-order valence-corrected chi connectivity index (χ2v) is 8.82. The number of carbonyl (C=O) groups is 2. The minimum Gasteiger partial charge on any atom is -0.304 e. The van der Waals surface area contributed by atoms with E-state index >= 15 is 0 Å². The SMILES string of the molecule is CN1CCN(Cc2ccc(-c3cnc4ccc(/C=C5\SC(=O)NC5=O)cn34)cn2)CC1. The number of nitrogens with one attached hydrogen (secondary N) is 1. The number of rotatable bonds is 4. The van der Waals surface area contributed by atoms with E-state index in [1.165, 1.54) is 0 Å². The molecule has 0 spiro atoms. The Bertz CT molecular complexity index is 1180. The van der Waals surface area contributed by atoms with E-state index in [1.807, 2.05) is 35.1 Å². The van der Waals surface area contributed by atoms with Gasteiger partial charge >= 0.3 is 0 Å². The summed E-state index contributed by atoms with van der Waals surface area (Å²) < 4.78 is 1.98. The van der Waals surface area contributed by atoms with E-state index < -0.39 is 0 Å². The Kier molecular flexibility index (Phi) is 5.31. The predicted octanol–water partition coefficient (Wildman–Crippen LogP) is 2.47. The predicted molar refractivity (Wildman–Crippen MR) is 120 cm³/mol. The van der Waals surface area contributed by atoms with Gasteiger partial charge in [0.2, 0.25) is 0 Å². The van der Waals surface area contributed by atoms with Crippen LogP contribution in [-0.4, -0.2) is 68.5 Å². The van der Waals surface area contributed by atoms with Crippen LogP contribution in [0.2, 0.25) is 0 Å². The summed E-state index contributed by atoms with van der Waals surface area (Å²) in [6, 6.07) is 7.92. The Morgan fingerprint density at radius 2 is 1.90 bits per heavy atom. The molecule has 0 aromatic carbocycles. The van der Waals surface area contributed by atoms with Crippen LogP contribution < -0.4 is 5.32 Å². The van der Waals surface area contributed by atoms with Gasteiger partial charge in [-0.2, -0.15) is 0 Å². The number of hydrogen-bond donors (Lipinski definition) is 1. The Labute approximate surface area is 184 Å². The Morgan fingerprint density at radius 3 is 2.61 bits per heavy atom. The highest BCUT2D eigenvalue weighted by Gasteiger charge is 2.25. The van der Waals surface area contributed by atoms with Crippen LogP contribution in [0.3, 0.4) is 0 Å². The molecular formula is C22H22N6O2S. The Balaban J connectivity index is 1.38. The second kappa shape index (κ2) is 8.26. The average molecular weight is 435 g/mol. The highest BCUT2D eigenvalue weighted by atomic mass is 32.2. The smallest absolute Gasteiger partial charge is 0.290 e. The molecule has 0 aliphatic carbocycles. The zero-order chi connectivity index (χ0) is 21.4. The minimum atomic E-state index is -0.360. The van der Waals surface area contributed by atoms with Crippen molar-refractivity contribution < 1.29 is 9.59 Å². The molecule has 5 heterocycles. The molecule has 5 rings (SSSR count). The van der Waals surface area contributed by atoms with E-state index in [2.05, 4.69) is 44.3 Å². The number of amides is 2. The van der Waals surface area contributed by atoms with E-state index in [9.17, 15) is 9.59 Å². The number of aromatic nitrogens is 3. The minimum absolute atomic E-state index is 0.344. The molecule has 0 unspecified atom stereocenters. The molecule has 0 bridgehead atoms. The molecule has 8 nitrogen and oxygen atoms in total. The third-order valence-electron chi connectivity index (χ3n) is 5.57. The van der Waals surface area contributed by atoms with Crippen molar-refractivity contribution in [2.75, 3.05) is 33.2 Å². The van der Waals surface area contributed by atoms with E-state index in [0.717, 1.165) is 72.6 Å². The zero-order valence-electron chi connectivity index (χ0n) is 17.1. The molecule has 2 aliphatic rings. The first-order valence-electron chi connectivity index (χ1n) is 10.1. The fraction of sp³-hybridized carbons (Fsp3) is 0.273. The summed E-state index contributed by atoms with van der Waals surface area (Å²) in [7, 11) is 2.16. The number of imidazole rings is 1. The molecule has 31 heavy (non-hydrogen) atoms. The summed E-state index contributed by atoms with van der Waals surface area (Å²) in [6.45, 7) is 5.16. The summed E-state index contributed by atoms with van der Waals surface area (Å²) >= 11 is 0.912. The van der Waals surface area contributed by atoms with Crippen molar-refractivity contribution in [3.8, 4) is 11.3 Å². The quantitative estimate of drug-likeness (QED) is 0.632. The molecule has 3 aromatic heterocycles. The molecule has 3 aromatic rings. The maximum atomic E-state index is 11.8. The van der Waals surface area contributed by atoms with Gasteiger partial charge in [0.05, 0.1) is 22.5 Å². The molecule has 158 valence electrons. The average Bonchev–Trinajstić information content (AvgIpc) is 3.32. The third kappa shape index (κ3) is 4.25. The molecule has 0 saturated carbocycles. The van der Waals surface area contributed by atoms with Gasteiger partial charge in [0.15, 0.2) is 0 Å². The van der Waals surface area contributed by atoms with E-state index in [4.69, 9.17) is 0 Å².